The van der Waals surface area contributed by atoms with E-state index in [1.54, 1.807) is 0 Å². The van der Waals surface area contributed by atoms with Crippen LogP contribution in [0.2, 0.25) is 5.54 Å². The molecule has 0 aliphatic heterocycles. The molecule has 0 aliphatic carbocycles. The maximum atomic E-state index is 5.90. The lowest BCUT2D eigenvalue weighted by Crippen LogP contribution is -2.17. The molecule has 0 aromatic carbocycles. The van der Waals surface area contributed by atoms with Gasteiger partial charge in [0, 0.05) is 5.54 Å². The van der Waals surface area contributed by atoms with E-state index in [4.69, 9.17) is 33.2 Å². The minimum atomic E-state index is -2.56. The van der Waals surface area contributed by atoms with Gasteiger partial charge in [-0.3, -0.25) is 0 Å². The Balaban J connectivity index is 4.13. The molecule has 0 saturated heterocycles. The SMILES string of the molecule is C=CCCC(C=CC)[Si](Cl)(Cl)Cl. The van der Waals surface area contributed by atoms with E-state index in [0.717, 1.165) is 12.8 Å². The van der Waals surface area contributed by atoms with E-state index in [1.165, 1.54) is 0 Å². The summed E-state index contributed by atoms with van der Waals surface area (Å²) in [6, 6.07) is -2.56. The number of hydrogen-bond acceptors (Lipinski definition) is 0. The Morgan fingerprint density at radius 2 is 2.00 bits per heavy atom. The highest BCUT2D eigenvalue weighted by Gasteiger charge is 2.33. The van der Waals surface area contributed by atoms with Gasteiger partial charge in [0.2, 0.25) is 0 Å². The fourth-order valence-electron chi connectivity index (χ4n) is 0.899. The fourth-order valence-corrected chi connectivity index (χ4v) is 3.44. The Hall–Kier alpha value is 0.567. The van der Waals surface area contributed by atoms with Gasteiger partial charge in [0.1, 0.15) is 0 Å². The predicted octanol–water partition coefficient (Wildman–Crippen LogP) is 4.55. The number of hydrogen-bond donors (Lipinski definition) is 0. The van der Waals surface area contributed by atoms with Crippen LogP contribution in [0.15, 0.2) is 24.8 Å². The molecule has 1 atom stereocenters. The van der Waals surface area contributed by atoms with E-state index in [-0.39, 0.29) is 5.54 Å². The quantitative estimate of drug-likeness (QED) is 0.377. The molecular formula is C8H13Cl3Si. The van der Waals surface area contributed by atoms with Crippen LogP contribution in [-0.4, -0.2) is 6.00 Å². The normalized spacial score (nSPS) is 15.0. The Morgan fingerprint density at radius 3 is 2.33 bits per heavy atom. The molecule has 0 fully saturated rings. The number of allylic oxidation sites excluding steroid dienone is 3. The molecule has 0 bridgehead atoms. The Bertz CT molecular complexity index is 160. The van der Waals surface area contributed by atoms with Crippen molar-refractivity contribution >= 4 is 39.2 Å². The monoisotopic (exact) mass is 242 g/mol. The van der Waals surface area contributed by atoms with E-state index >= 15 is 0 Å². The van der Waals surface area contributed by atoms with E-state index in [2.05, 4.69) is 6.58 Å². The summed E-state index contributed by atoms with van der Waals surface area (Å²) >= 11 is 17.7. The first-order valence-electron chi connectivity index (χ1n) is 3.82. The highest BCUT2D eigenvalue weighted by Crippen LogP contribution is 2.38. The summed E-state index contributed by atoms with van der Waals surface area (Å²) in [7, 11) is 0. The molecule has 0 aromatic rings. The molecule has 0 aromatic heterocycles. The molecule has 0 nitrogen and oxygen atoms in total. The first-order valence-corrected chi connectivity index (χ1v) is 8.94. The van der Waals surface area contributed by atoms with Gasteiger partial charge in [-0.05, 0) is 19.8 Å². The van der Waals surface area contributed by atoms with Gasteiger partial charge in [0.25, 0.3) is 0 Å². The van der Waals surface area contributed by atoms with Crippen molar-refractivity contribution in [2.24, 2.45) is 0 Å². The fraction of sp³-hybridized carbons (Fsp3) is 0.500. The van der Waals surface area contributed by atoms with Crippen molar-refractivity contribution in [3.8, 4) is 0 Å². The molecule has 0 saturated carbocycles. The average Bonchev–Trinajstić information content (AvgIpc) is 1.95. The van der Waals surface area contributed by atoms with Crippen LogP contribution in [0.4, 0.5) is 0 Å². The van der Waals surface area contributed by atoms with Crippen LogP contribution in [0.25, 0.3) is 0 Å². The van der Waals surface area contributed by atoms with Crippen molar-refractivity contribution in [1.82, 2.24) is 0 Å². The Morgan fingerprint density at radius 1 is 1.42 bits per heavy atom. The van der Waals surface area contributed by atoms with Crippen LogP contribution >= 0.6 is 33.2 Å². The van der Waals surface area contributed by atoms with Crippen molar-refractivity contribution in [3.05, 3.63) is 24.8 Å². The minimum Gasteiger partial charge on any atom is -0.125 e. The van der Waals surface area contributed by atoms with Gasteiger partial charge < -0.3 is 0 Å². The highest BCUT2D eigenvalue weighted by atomic mass is 35.8. The van der Waals surface area contributed by atoms with Gasteiger partial charge in [0.05, 0.1) is 0 Å². The van der Waals surface area contributed by atoms with E-state index in [0.29, 0.717) is 0 Å². The molecule has 70 valence electrons. The molecule has 0 N–H and O–H groups in total. The molecule has 0 radical (unpaired) electrons. The molecule has 4 heteroatoms. The molecule has 0 spiro atoms. The average molecular weight is 244 g/mol. The van der Waals surface area contributed by atoms with Crippen LogP contribution in [0.3, 0.4) is 0 Å². The van der Waals surface area contributed by atoms with E-state index < -0.39 is 6.00 Å². The second-order valence-corrected chi connectivity index (χ2v) is 11.5. The molecule has 0 amide bonds. The van der Waals surface area contributed by atoms with Gasteiger partial charge in [0.15, 0.2) is 0 Å². The van der Waals surface area contributed by atoms with Crippen molar-refractivity contribution in [2.75, 3.05) is 0 Å². The molecular weight excluding hydrogens is 231 g/mol. The van der Waals surface area contributed by atoms with Crippen molar-refractivity contribution in [3.63, 3.8) is 0 Å². The number of halogens is 3. The third-order valence-electron chi connectivity index (χ3n) is 1.53. The maximum Gasteiger partial charge on any atom is 0.347 e. The lowest BCUT2D eigenvalue weighted by Gasteiger charge is -2.17. The summed E-state index contributed by atoms with van der Waals surface area (Å²) in [5.74, 6) is 0. The highest BCUT2D eigenvalue weighted by molar-refractivity contribution is 7.65. The zero-order valence-corrected chi connectivity index (χ0v) is 10.3. The topological polar surface area (TPSA) is 0 Å². The van der Waals surface area contributed by atoms with Crippen LogP contribution in [0.1, 0.15) is 19.8 Å². The molecule has 0 rings (SSSR count). The molecule has 0 aliphatic rings. The van der Waals surface area contributed by atoms with Gasteiger partial charge in [-0.1, -0.05) is 18.2 Å². The van der Waals surface area contributed by atoms with E-state index in [1.807, 2.05) is 25.2 Å². The predicted molar refractivity (Wildman–Crippen MR) is 61.3 cm³/mol. The molecule has 1 unspecified atom stereocenters. The molecule has 12 heavy (non-hydrogen) atoms. The van der Waals surface area contributed by atoms with Crippen molar-refractivity contribution < 1.29 is 0 Å². The summed E-state index contributed by atoms with van der Waals surface area (Å²) in [6.07, 6.45) is 7.54. The summed E-state index contributed by atoms with van der Waals surface area (Å²) in [5.41, 5.74) is 0.116. The number of rotatable bonds is 5. The van der Waals surface area contributed by atoms with E-state index in [9.17, 15) is 0 Å². The lowest BCUT2D eigenvalue weighted by atomic mass is 10.2. The summed E-state index contributed by atoms with van der Waals surface area (Å²) < 4.78 is 0. The maximum absolute atomic E-state index is 5.90. The molecule has 0 heterocycles. The first kappa shape index (κ1) is 12.6. The van der Waals surface area contributed by atoms with Crippen molar-refractivity contribution in [2.45, 2.75) is 25.3 Å². The first-order chi connectivity index (χ1) is 5.52. The van der Waals surface area contributed by atoms with Crippen LogP contribution in [0, 0.1) is 0 Å². The van der Waals surface area contributed by atoms with Crippen LogP contribution in [-0.2, 0) is 0 Å². The largest absolute Gasteiger partial charge is 0.347 e. The van der Waals surface area contributed by atoms with Crippen LogP contribution < -0.4 is 0 Å². The third kappa shape index (κ3) is 5.25. The minimum absolute atomic E-state index is 0.116. The lowest BCUT2D eigenvalue weighted by molar-refractivity contribution is 0.857. The van der Waals surface area contributed by atoms with Gasteiger partial charge >= 0.3 is 6.00 Å². The second kappa shape index (κ2) is 6.09. The smallest absolute Gasteiger partial charge is 0.125 e. The second-order valence-electron chi connectivity index (χ2n) is 2.54. The van der Waals surface area contributed by atoms with Gasteiger partial charge in [-0.15, -0.1) is 39.8 Å². The zero-order chi connectivity index (χ0) is 9.61. The third-order valence-corrected chi connectivity index (χ3v) is 5.37. The Kier molecular flexibility index (Phi) is 6.37. The van der Waals surface area contributed by atoms with Crippen LogP contribution in [0.5, 0.6) is 0 Å². The summed E-state index contributed by atoms with van der Waals surface area (Å²) in [5, 5.41) is 0. The summed E-state index contributed by atoms with van der Waals surface area (Å²) in [6.45, 7) is 5.57. The standard InChI is InChI=1S/C8H13Cl3Si/c1-3-5-7-8(6-4-2)12(9,10)11/h3-4,6,8H,1,5,7H2,2H3. The van der Waals surface area contributed by atoms with Gasteiger partial charge in [-0.25, -0.2) is 0 Å². The van der Waals surface area contributed by atoms with Gasteiger partial charge in [-0.2, -0.15) is 0 Å². The summed E-state index contributed by atoms with van der Waals surface area (Å²) in [4.78, 5) is 0. The Labute approximate surface area is 89.3 Å². The van der Waals surface area contributed by atoms with Crippen molar-refractivity contribution in [1.29, 1.82) is 0 Å². The zero-order valence-electron chi connectivity index (χ0n) is 7.06.